The number of anilines is 2. The van der Waals surface area contributed by atoms with Crippen molar-refractivity contribution in [1.29, 1.82) is 0 Å². The molecule has 0 saturated carbocycles. The van der Waals surface area contributed by atoms with E-state index < -0.39 is 4.92 Å². The average molecular weight is 330 g/mol. The molecule has 25 heavy (non-hydrogen) atoms. The van der Waals surface area contributed by atoms with Gasteiger partial charge in [0.1, 0.15) is 5.69 Å². The first-order valence-electron chi connectivity index (χ1n) is 7.74. The fourth-order valence-electron chi connectivity index (χ4n) is 2.89. The Bertz CT molecular complexity index is 1070. The summed E-state index contributed by atoms with van der Waals surface area (Å²) in [5, 5.41) is 15.4. The van der Waals surface area contributed by atoms with E-state index in [1.54, 1.807) is 30.6 Å². The lowest BCUT2D eigenvalue weighted by molar-refractivity contribution is -0.383. The highest BCUT2D eigenvalue weighted by molar-refractivity contribution is 5.95. The standard InChI is InChI=1S/C19H14N4O2/c24-23(25)19-7-2-1-5-18(19)22-14-10-13(11-20-12-14)15-4-3-6-17-16(15)8-9-21-17/h1-12,21-22H. The van der Waals surface area contributed by atoms with Crippen molar-refractivity contribution in [3.8, 4) is 11.1 Å². The van der Waals surface area contributed by atoms with E-state index in [2.05, 4.69) is 15.3 Å². The summed E-state index contributed by atoms with van der Waals surface area (Å²) in [6.45, 7) is 0. The van der Waals surface area contributed by atoms with Crippen LogP contribution in [0.3, 0.4) is 0 Å². The smallest absolute Gasteiger partial charge is 0.292 e. The molecule has 0 fully saturated rings. The SMILES string of the molecule is O=[N+]([O-])c1ccccc1Nc1cncc(-c2cccc3[nH]ccc23)c1. The molecule has 0 bridgehead atoms. The molecule has 6 nitrogen and oxygen atoms in total. The predicted octanol–water partition coefficient (Wildman–Crippen LogP) is 4.88. The highest BCUT2D eigenvalue weighted by atomic mass is 16.6. The monoisotopic (exact) mass is 330 g/mol. The van der Waals surface area contributed by atoms with Crippen molar-refractivity contribution < 1.29 is 4.92 Å². The first-order chi connectivity index (χ1) is 12.2. The van der Waals surface area contributed by atoms with Crippen LogP contribution < -0.4 is 5.32 Å². The normalized spacial score (nSPS) is 10.7. The maximum absolute atomic E-state index is 11.2. The van der Waals surface area contributed by atoms with Crippen LogP contribution in [0.1, 0.15) is 0 Å². The molecule has 0 unspecified atom stereocenters. The van der Waals surface area contributed by atoms with Crippen LogP contribution in [0.15, 0.2) is 73.2 Å². The molecule has 2 aromatic carbocycles. The molecule has 0 aliphatic rings. The van der Waals surface area contributed by atoms with E-state index in [0.717, 1.165) is 22.0 Å². The third-order valence-corrected chi connectivity index (χ3v) is 4.02. The number of H-pyrrole nitrogens is 1. The van der Waals surface area contributed by atoms with E-state index >= 15 is 0 Å². The van der Waals surface area contributed by atoms with E-state index in [1.165, 1.54) is 6.07 Å². The second-order valence-electron chi connectivity index (χ2n) is 5.61. The van der Waals surface area contributed by atoms with Crippen LogP contribution in [0.5, 0.6) is 0 Å². The second kappa shape index (κ2) is 6.09. The molecule has 2 aromatic heterocycles. The number of benzene rings is 2. The number of nitro groups is 1. The number of aromatic amines is 1. The van der Waals surface area contributed by atoms with Gasteiger partial charge < -0.3 is 10.3 Å². The maximum Gasteiger partial charge on any atom is 0.292 e. The van der Waals surface area contributed by atoms with Crippen molar-refractivity contribution in [3.05, 3.63) is 83.3 Å². The zero-order chi connectivity index (χ0) is 17.2. The lowest BCUT2D eigenvalue weighted by Crippen LogP contribution is -1.97. The van der Waals surface area contributed by atoms with Crippen LogP contribution in [-0.2, 0) is 0 Å². The number of fused-ring (bicyclic) bond motifs is 1. The molecule has 0 atom stereocenters. The van der Waals surface area contributed by atoms with E-state index in [-0.39, 0.29) is 5.69 Å². The number of nitrogens with zero attached hydrogens (tertiary/aromatic N) is 2. The van der Waals surface area contributed by atoms with Gasteiger partial charge in [0, 0.05) is 34.9 Å². The van der Waals surface area contributed by atoms with Crippen molar-refractivity contribution in [2.24, 2.45) is 0 Å². The Hall–Kier alpha value is -3.67. The average Bonchev–Trinajstić information content (AvgIpc) is 3.11. The van der Waals surface area contributed by atoms with Gasteiger partial charge >= 0.3 is 0 Å². The fraction of sp³-hybridized carbons (Fsp3) is 0. The van der Waals surface area contributed by atoms with E-state index in [0.29, 0.717) is 11.4 Å². The Kier molecular flexibility index (Phi) is 3.63. The second-order valence-corrected chi connectivity index (χ2v) is 5.61. The summed E-state index contributed by atoms with van der Waals surface area (Å²) in [6, 6.07) is 16.5. The molecule has 122 valence electrons. The molecule has 4 rings (SSSR count). The number of rotatable bonds is 4. The van der Waals surface area contributed by atoms with Gasteiger partial charge in [-0.15, -0.1) is 0 Å². The summed E-state index contributed by atoms with van der Waals surface area (Å²) in [7, 11) is 0. The number of para-hydroxylation sites is 2. The number of nitro benzene ring substituents is 1. The zero-order valence-corrected chi connectivity index (χ0v) is 13.1. The maximum atomic E-state index is 11.2. The topological polar surface area (TPSA) is 83.8 Å². The van der Waals surface area contributed by atoms with Gasteiger partial charge in [-0.2, -0.15) is 0 Å². The van der Waals surface area contributed by atoms with Gasteiger partial charge in [-0.05, 0) is 29.8 Å². The molecule has 4 aromatic rings. The Morgan fingerprint density at radius 3 is 2.80 bits per heavy atom. The molecule has 0 amide bonds. The van der Waals surface area contributed by atoms with Gasteiger partial charge in [-0.1, -0.05) is 24.3 Å². The quantitative estimate of drug-likeness (QED) is 0.412. The van der Waals surface area contributed by atoms with Crippen LogP contribution in [0.4, 0.5) is 17.1 Å². The van der Waals surface area contributed by atoms with Crippen LogP contribution in [0.25, 0.3) is 22.0 Å². The van der Waals surface area contributed by atoms with Gasteiger partial charge in [0.15, 0.2) is 0 Å². The minimum atomic E-state index is -0.403. The third-order valence-electron chi connectivity index (χ3n) is 4.02. The molecular weight excluding hydrogens is 316 g/mol. The van der Waals surface area contributed by atoms with E-state index in [4.69, 9.17) is 0 Å². The minimum Gasteiger partial charge on any atom is -0.361 e. The first-order valence-corrected chi connectivity index (χ1v) is 7.74. The summed E-state index contributed by atoms with van der Waals surface area (Å²) in [6.07, 6.45) is 5.33. The molecule has 0 aliphatic carbocycles. The number of hydrogen-bond acceptors (Lipinski definition) is 4. The largest absolute Gasteiger partial charge is 0.361 e. The molecule has 0 saturated heterocycles. The Morgan fingerprint density at radius 2 is 1.92 bits per heavy atom. The van der Waals surface area contributed by atoms with Crippen molar-refractivity contribution in [2.45, 2.75) is 0 Å². The lowest BCUT2D eigenvalue weighted by atomic mass is 10.0. The molecule has 2 heterocycles. The molecule has 0 spiro atoms. The first kappa shape index (κ1) is 14.9. The van der Waals surface area contributed by atoms with Gasteiger partial charge in [-0.3, -0.25) is 15.1 Å². The summed E-state index contributed by atoms with van der Waals surface area (Å²) in [4.78, 5) is 18.2. The van der Waals surface area contributed by atoms with Crippen molar-refractivity contribution in [1.82, 2.24) is 9.97 Å². The Morgan fingerprint density at radius 1 is 1.04 bits per heavy atom. The zero-order valence-electron chi connectivity index (χ0n) is 13.1. The molecule has 2 N–H and O–H groups in total. The summed E-state index contributed by atoms with van der Waals surface area (Å²) in [5.41, 5.74) is 4.20. The van der Waals surface area contributed by atoms with Crippen LogP contribution in [-0.4, -0.2) is 14.9 Å². The Balaban J connectivity index is 1.74. The van der Waals surface area contributed by atoms with E-state index in [9.17, 15) is 10.1 Å². The molecular formula is C19H14N4O2. The van der Waals surface area contributed by atoms with Gasteiger partial charge in [0.25, 0.3) is 5.69 Å². The van der Waals surface area contributed by atoms with Crippen molar-refractivity contribution in [2.75, 3.05) is 5.32 Å². The summed E-state index contributed by atoms with van der Waals surface area (Å²) in [5.74, 6) is 0. The number of aromatic nitrogens is 2. The van der Waals surface area contributed by atoms with Crippen LogP contribution in [0.2, 0.25) is 0 Å². The minimum absolute atomic E-state index is 0.0284. The van der Waals surface area contributed by atoms with Gasteiger partial charge in [0.2, 0.25) is 0 Å². The third kappa shape index (κ3) is 2.81. The van der Waals surface area contributed by atoms with Gasteiger partial charge in [0.05, 0.1) is 16.8 Å². The molecule has 6 heteroatoms. The highest BCUT2D eigenvalue weighted by Gasteiger charge is 2.13. The van der Waals surface area contributed by atoms with E-state index in [1.807, 2.05) is 36.5 Å². The number of hydrogen-bond donors (Lipinski definition) is 2. The van der Waals surface area contributed by atoms with Crippen LogP contribution in [0, 0.1) is 10.1 Å². The number of nitrogens with one attached hydrogen (secondary N) is 2. The fourth-order valence-corrected chi connectivity index (χ4v) is 2.89. The number of pyridine rings is 1. The summed E-state index contributed by atoms with van der Waals surface area (Å²) >= 11 is 0. The van der Waals surface area contributed by atoms with Crippen molar-refractivity contribution in [3.63, 3.8) is 0 Å². The van der Waals surface area contributed by atoms with Gasteiger partial charge in [-0.25, -0.2) is 0 Å². The molecule has 0 radical (unpaired) electrons. The highest BCUT2D eigenvalue weighted by Crippen LogP contribution is 2.31. The van der Waals surface area contributed by atoms with Crippen LogP contribution >= 0.6 is 0 Å². The Labute approximate surface area is 143 Å². The lowest BCUT2D eigenvalue weighted by Gasteiger charge is -2.09. The molecule has 0 aliphatic heterocycles. The summed E-state index contributed by atoms with van der Waals surface area (Å²) < 4.78 is 0. The predicted molar refractivity (Wildman–Crippen MR) is 97.9 cm³/mol. The van der Waals surface area contributed by atoms with Crippen molar-refractivity contribution >= 4 is 28.0 Å².